The van der Waals surface area contributed by atoms with Crippen LogP contribution in [0.1, 0.15) is 0 Å². The largest absolute Gasteiger partial charge is 0.455 e. The van der Waals surface area contributed by atoms with Gasteiger partial charge in [0.05, 0.1) is 0 Å². The van der Waals surface area contributed by atoms with E-state index in [0.29, 0.717) is 22.5 Å². The molecule has 254 valence electrons. The van der Waals surface area contributed by atoms with Gasteiger partial charge in [0.15, 0.2) is 17.5 Å². The number of aromatic nitrogens is 3. The third kappa shape index (κ3) is 5.79. The molecule has 10 rings (SSSR count). The Morgan fingerprint density at radius 1 is 0.370 bits per heavy atom. The third-order valence-electron chi connectivity index (χ3n) is 9.96. The molecular formula is C49H30ClN3O. The molecule has 0 aliphatic heterocycles. The van der Waals surface area contributed by atoms with E-state index in [9.17, 15) is 0 Å². The van der Waals surface area contributed by atoms with Gasteiger partial charge in [-0.2, -0.15) is 0 Å². The molecule has 8 aromatic carbocycles. The van der Waals surface area contributed by atoms with Crippen molar-refractivity contribution in [2.24, 2.45) is 0 Å². The van der Waals surface area contributed by atoms with E-state index in [0.717, 1.165) is 82.8 Å². The predicted octanol–water partition coefficient (Wildman–Crippen LogP) is 13.6. The zero-order valence-electron chi connectivity index (χ0n) is 28.9. The summed E-state index contributed by atoms with van der Waals surface area (Å²) in [6.07, 6.45) is 0. The predicted molar refractivity (Wildman–Crippen MR) is 222 cm³/mol. The van der Waals surface area contributed by atoms with Gasteiger partial charge in [0.25, 0.3) is 0 Å². The normalized spacial score (nSPS) is 11.4. The molecule has 10 aromatic rings. The molecule has 0 N–H and O–H groups in total. The molecule has 0 fully saturated rings. The second kappa shape index (κ2) is 13.3. The Balaban J connectivity index is 1.15. The van der Waals surface area contributed by atoms with E-state index in [2.05, 4.69) is 115 Å². The van der Waals surface area contributed by atoms with Crippen LogP contribution in [-0.2, 0) is 0 Å². The van der Waals surface area contributed by atoms with Crippen LogP contribution in [0.25, 0.3) is 100 Å². The highest BCUT2D eigenvalue weighted by Crippen LogP contribution is 2.43. The molecule has 0 unspecified atom stereocenters. The molecule has 0 amide bonds. The van der Waals surface area contributed by atoms with Gasteiger partial charge in [0.2, 0.25) is 0 Å². The van der Waals surface area contributed by atoms with Crippen molar-refractivity contribution in [3.63, 3.8) is 0 Å². The highest BCUT2D eigenvalue weighted by molar-refractivity contribution is 6.31. The number of benzene rings is 8. The molecule has 0 bridgehead atoms. The van der Waals surface area contributed by atoms with Crippen LogP contribution in [0.4, 0.5) is 0 Å². The fraction of sp³-hybridized carbons (Fsp3) is 0. The lowest BCUT2D eigenvalue weighted by Crippen LogP contribution is -2.00. The molecule has 4 nitrogen and oxygen atoms in total. The minimum atomic E-state index is 0.575. The van der Waals surface area contributed by atoms with Crippen LogP contribution in [0.3, 0.4) is 0 Å². The average molecular weight is 712 g/mol. The Bertz CT molecular complexity index is 2980. The summed E-state index contributed by atoms with van der Waals surface area (Å²) in [5.41, 5.74) is 10.6. The zero-order valence-corrected chi connectivity index (χ0v) is 29.7. The number of hydrogen-bond acceptors (Lipinski definition) is 4. The summed E-state index contributed by atoms with van der Waals surface area (Å²) >= 11 is 6.64. The maximum Gasteiger partial charge on any atom is 0.164 e. The van der Waals surface area contributed by atoms with Gasteiger partial charge in [-0.05, 0) is 81.1 Å². The molecule has 0 saturated heterocycles. The van der Waals surface area contributed by atoms with Crippen molar-refractivity contribution in [2.45, 2.75) is 0 Å². The standard InChI is InChI=1S/C49H30ClN3O/c50-40-27-38(31-12-4-1-5-13-31)26-39(28-40)32-20-22-35(23-21-32)48-51-47(34-16-8-3-9-17-34)52-49(53-48)42-25-24-41(33-14-6-2-7-15-33)46-45(42)43-29-36-18-10-11-19-37(36)30-44(43)54-46/h1-30H. The molecule has 0 radical (unpaired) electrons. The van der Waals surface area contributed by atoms with Crippen LogP contribution in [0.5, 0.6) is 0 Å². The second-order valence-corrected chi connectivity index (χ2v) is 13.8. The van der Waals surface area contributed by atoms with Gasteiger partial charge in [-0.1, -0.05) is 151 Å². The van der Waals surface area contributed by atoms with Crippen LogP contribution in [0.15, 0.2) is 186 Å². The first kappa shape index (κ1) is 31.8. The smallest absolute Gasteiger partial charge is 0.164 e. The van der Waals surface area contributed by atoms with Gasteiger partial charge in [-0.25, -0.2) is 15.0 Å². The SMILES string of the molecule is Clc1cc(-c2ccccc2)cc(-c2ccc(-c3nc(-c4ccccc4)nc(-c4ccc(-c5ccccc5)c5oc6cc7ccccc7cc6c45)n3)cc2)c1. The van der Waals surface area contributed by atoms with Crippen molar-refractivity contribution in [3.05, 3.63) is 187 Å². The first-order chi connectivity index (χ1) is 26.6. The quantitative estimate of drug-likeness (QED) is 0.172. The van der Waals surface area contributed by atoms with E-state index >= 15 is 0 Å². The maximum absolute atomic E-state index is 6.76. The van der Waals surface area contributed by atoms with E-state index in [-0.39, 0.29) is 0 Å². The number of nitrogens with zero attached hydrogens (tertiary/aromatic N) is 3. The summed E-state index contributed by atoms with van der Waals surface area (Å²) in [5.74, 6) is 1.76. The topological polar surface area (TPSA) is 51.8 Å². The number of fused-ring (bicyclic) bond motifs is 4. The molecule has 2 aromatic heterocycles. The third-order valence-corrected chi connectivity index (χ3v) is 10.2. The van der Waals surface area contributed by atoms with Crippen LogP contribution >= 0.6 is 11.6 Å². The summed E-state index contributed by atoms with van der Waals surface area (Å²) in [6, 6.07) is 62.2. The van der Waals surface area contributed by atoms with E-state index in [4.69, 9.17) is 31.0 Å². The van der Waals surface area contributed by atoms with Gasteiger partial charge in [0, 0.05) is 38.0 Å². The maximum atomic E-state index is 6.76. The van der Waals surface area contributed by atoms with Gasteiger partial charge in [-0.3, -0.25) is 0 Å². The van der Waals surface area contributed by atoms with Crippen LogP contribution in [0, 0.1) is 0 Å². The molecule has 0 aliphatic rings. The molecule has 2 heterocycles. The first-order valence-electron chi connectivity index (χ1n) is 17.9. The fourth-order valence-corrected chi connectivity index (χ4v) is 7.54. The van der Waals surface area contributed by atoms with Crippen molar-refractivity contribution in [2.75, 3.05) is 0 Å². The molecule has 0 aliphatic carbocycles. The zero-order chi connectivity index (χ0) is 36.0. The van der Waals surface area contributed by atoms with Crippen molar-refractivity contribution >= 4 is 44.3 Å². The highest BCUT2D eigenvalue weighted by atomic mass is 35.5. The van der Waals surface area contributed by atoms with E-state index in [1.54, 1.807) is 0 Å². The lowest BCUT2D eigenvalue weighted by Gasteiger charge is -2.11. The molecule has 0 saturated carbocycles. The summed E-state index contributed by atoms with van der Waals surface area (Å²) in [4.78, 5) is 15.4. The Morgan fingerprint density at radius 2 is 0.852 bits per heavy atom. The molecule has 0 spiro atoms. The molecule has 0 atom stereocenters. The Kier molecular flexibility index (Phi) is 7.82. The van der Waals surface area contributed by atoms with E-state index in [1.165, 1.54) is 0 Å². The lowest BCUT2D eigenvalue weighted by atomic mass is 9.97. The second-order valence-electron chi connectivity index (χ2n) is 13.4. The summed E-state index contributed by atoms with van der Waals surface area (Å²) in [5, 5.41) is 4.94. The van der Waals surface area contributed by atoms with Crippen LogP contribution in [0.2, 0.25) is 5.02 Å². The minimum absolute atomic E-state index is 0.575. The van der Waals surface area contributed by atoms with Gasteiger partial charge >= 0.3 is 0 Å². The van der Waals surface area contributed by atoms with Gasteiger partial charge in [-0.15, -0.1) is 0 Å². The highest BCUT2D eigenvalue weighted by Gasteiger charge is 2.21. The Morgan fingerprint density at radius 3 is 1.50 bits per heavy atom. The summed E-state index contributed by atoms with van der Waals surface area (Å²) < 4.78 is 6.76. The van der Waals surface area contributed by atoms with Crippen molar-refractivity contribution in [3.8, 4) is 67.5 Å². The number of furan rings is 1. The van der Waals surface area contributed by atoms with Crippen molar-refractivity contribution in [1.82, 2.24) is 15.0 Å². The first-order valence-corrected chi connectivity index (χ1v) is 18.2. The fourth-order valence-electron chi connectivity index (χ4n) is 7.30. The van der Waals surface area contributed by atoms with E-state index in [1.807, 2.05) is 66.7 Å². The van der Waals surface area contributed by atoms with Gasteiger partial charge < -0.3 is 4.42 Å². The van der Waals surface area contributed by atoms with Crippen LogP contribution < -0.4 is 0 Å². The number of rotatable bonds is 6. The number of halogens is 1. The molecule has 5 heteroatoms. The van der Waals surface area contributed by atoms with Gasteiger partial charge in [0.1, 0.15) is 11.2 Å². The van der Waals surface area contributed by atoms with Crippen LogP contribution in [-0.4, -0.2) is 15.0 Å². The van der Waals surface area contributed by atoms with Crippen molar-refractivity contribution in [1.29, 1.82) is 0 Å². The Labute approximate surface area is 317 Å². The number of hydrogen-bond donors (Lipinski definition) is 0. The Hall–Kier alpha value is -6.88. The van der Waals surface area contributed by atoms with E-state index < -0.39 is 0 Å². The summed E-state index contributed by atoms with van der Waals surface area (Å²) in [6.45, 7) is 0. The minimum Gasteiger partial charge on any atom is -0.455 e. The lowest BCUT2D eigenvalue weighted by molar-refractivity contribution is 0.670. The monoisotopic (exact) mass is 711 g/mol. The summed E-state index contributed by atoms with van der Waals surface area (Å²) in [7, 11) is 0. The molecule has 54 heavy (non-hydrogen) atoms. The average Bonchev–Trinajstić information content (AvgIpc) is 3.61. The molecular weight excluding hydrogens is 682 g/mol. The van der Waals surface area contributed by atoms with Crippen molar-refractivity contribution < 1.29 is 4.42 Å².